The molecule has 1 aromatic rings. The van der Waals surface area contributed by atoms with Gasteiger partial charge >= 0.3 is 0 Å². The molecule has 0 amide bonds. The Hall–Kier alpha value is -0.880. The molecule has 58 valence electrons. The Morgan fingerprint density at radius 2 is 2.00 bits per heavy atom. The average Bonchev–Trinajstić information content (AvgIpc) is 2.32. The maximum atomic E-state index is 5.16. The van der Waals surface area contributed by atoms with Crippen molar-refractivity contribution in [3.05, 3.63) is 10.0 Å². The van der Waals surface area contributed by atoms with Gasteiger partial charge in [0.2, 0.25) is 0 Å². The molecule has 0 spiro atoms. The Kier molecular flexibility index (Phi) is 1.97. The lowest BCUT2D eigenvalue weighted by atomic mass is 9.98. The van der Waals surface area contributed by atoms with Crippen molar-refractivity contribution >= 4 is 11.3 Å². The summed E-state index contributed by atoms with van der Waals surface area (Å²) in [6.07, 6.45) is 5.16. The second-order valence-electron chi connectivity index (χ2n) is 3.31. The Labute approximate surface area is 70.7 Å². The fourth-order valence-corrected chi connectivity index (χ4v) is 1.30. The zero-order valence-electron chi connectivity index (χ0n) is 6.88. The van der Waals surface area contributed by atoms with Crippen molar-refractivity contribution < 1.29 is 0 Å². The summed E-state index contributed by atoms with van der Waals surface area (Å²) < 4.78 is 0. The third kappa shape index (κ3) is 1.78. The van der Waals surface area contributed by atoms with E-state index in [-0.39, 0.29) is 5.41 Å². The third-order valence-corrected chi connectivity index (χ3v) is 2.47. The zero-order chi connectivity index (χ0) is 8.48. The standard InChI is InChI=1S/C8H10N2S/c1-5-6-9-10-7(11-6)8(2,3)4/h1H,2-4H3. The van der Waals surface area contributed by atoms with E-state index < -0.39 is 0 Å². The van der Waals surface area contributed by atoms with Gasteiger partial charge in [-0.1, -0.05) is 32.1 Å². The first kappa shape index (κ1) is 8.22. The smallest absolute Gasteiger partial charge is 0.142 e. The summed E-state index contributed by atoms with van der Waals surface area (Å²) in [6.45, 7) is 6.27. The first-order valence-electron chi connectivity index (χ1n) is 3.34. The SMILES string of the molecule is C#Cc1nnc(C(C)(C)C)s1. The minimum Gasteiger partial charge on any atom is -0.142 e. The van der Waals surface area contributed by atoms with E-state index in [1.165, 1.54) is 11.3 Å². The molecule has 0 aliphatic heterocycles. The molecule has 1 aromatic heterocycles. The molecule has 1 rings (SSSR count). The fraction of sp³-hybridized carbons (Fsp3) is 0.500. The maximum Gasteiger partial charge on any atom is 0.190 e. The van der Waals surface area contributed by atoms with Crippen molar-refractivity contribution in [3.63, 3.8) is 0 Å². The summed E-state index contributed by atoms with van der Waals surface area (Å²) in [6, 6.07) is 0. The van der Waals surface area contributed by atoms with Gasteiger partial charge in [-0.3, -0.25) is 0 Å². The maximum absolute atomic E-state index is 5.16. The molecule has 0 fully saturated rings. The van der Waals surface area contributed by atoms with Crippen LogP contribution in [0.5, 0.6) is 0 Å². The molecule has 0 aromatic carbocycles. The van der Waals surface area contributed by atoms with Crippen LogP contribution in [0.25, 0.3) is 0 Å². The molecular formula is C8H10N2S. The second-order valence-corrected chi connectivity index (χ2v) is 4.28. The van der Waals surface area contributed by atoms with Crippen molar-refractivity contribution in [2.45, 2.75) is 26.2 Å². The van der Waals surface area contributed by atoms with Crippen molar-refractivity contribution in [2.24, 2.45) is 0 Å². The number of nitrogens with zero attached hydrogens (tertiary/aromatic N) is 2. The monoisotopic (exact) mass is 166 g/mol. The quantitative estimate of drug-likeness (QED) is 0.549. The van der Waals surface area contributed by atoms with Crippen LogP contribution in [0, 0.1) is 12.3 Å². The molecule has 0 unspecified atom stereocenters. The summed E-state index contributed by atoms with van der Waals surface area (Å²) in [7, 11) is 0. The van der Waals surface area contributed by atoms with Gasteiger partial charge in [-0.2, -0.15) is 0 Å². The van der Waals surface area contributed by atoms with E-state index in [0.29, 0.717) is 5.01 Å². The molecule has 0 aliphatic carbocycles. The molecule has 0 saturated heterocycles. The molecule has 0 bridgehead atoms. The fourth-order valence-electron chi connectivity index (χ4n) is 0.585. The Bertz CT molecular complexity index is 288. The van der Waals surface area contributed by atoms with E-state index in [1.807, 2.05) is 0 Å². The van der Waals surface area contributed by atoms with Gasteiger partial charge < -0.3 is 0 Å². The number of aromatic nitrogens is 2. The van der Waals surface area contributed by atoms with Gasteiger partial charge in [0, 0.05) is 5.41 Å². The van der Waals surface area contributed by atoms with E-state index in [2.05, 4.69) is 36.9 Å². The number of rotatable bonds is 0. The van der Waals surface area contributed by atoms with Crippen LogP contribution < -0.4 is 0 Å². The van der Waals surface area contributed by atoms with Crippen LogP contribution in [0.4, 0.5) is 0 Å². The molecule has 0 saturated carbocycles. The van der Waals surface area contributed by atoms with Gasteiger partial charge in [0.25, 0.3) is 0 Å². The highest BCUT2D eigenvalue weighted by molar-refractivity contribution is 7.11. The van der Waals surface area contributed by atoms with Crippen molar-refractivity contribution in [3.8, 4) is 12.3 Å². The molecule has 3 heteroatoms. The van der Waals surface area contributed by atoms with Crippen LogP contribution in [0.1, 0.15) is 30.8 Å². The average molecular weight is 166 g/mol. The van der Waals surface area contributed by atoms with Gasteiger partial charge in [-0.05, 0) is 5.92 Å². The first-order chi connectivity index (χ1) is 5.04. The highest BCUT2D eigenvalue weighted by Crippen LogP contribution is 2.24. The number of terminal acetylenes is 1. The van der Waals surface area contributed by atoms with Gasteiger partial charge in [-0.15, -0.1) is 16.6 Å². The molecule has 0 atom stereocenters. The van der Waals surface area contributed by atoms with E-state index >= 15 is 0 Å². The summed E-state index contributed by atoms with van der Waals surface area (Å²) in [5.41, 5.74) is 0.0623. The topological polar surface area (TPSA) is 25.8 Å². The highest BCUT2D eigenvalue weighted by Gasteiger charge is 2.18. The summed E-state index contributed by atoms with van der Waals surface area (Å²) in [5.74, 6) is 2.46. The Morgan fingerprint density at radius 3 is 2.27 bits per heavy atom. The third-order valence-electron chi connectivity index (χ3n) is 1.19. The summed E-state index contributed by atoms with van der Waals surface area (Å²) in [5, 5.41) is 9.47. The summed E-state index contributed by atoms with van der Waals surface area (Å²) in [4.78, 5) is 0. The molecule has 0 N–H and O–H groups in total. The lowest BCUT2D eigenvalue weighted by Gasteiger charge is -2.11. The molecule has 0 aliphatic rings. The van der Waals surface area contributed by atoms with Crippen LogP contribution in [-0.4, -0.2) is 10.2 Å². The number of hydrogen-bond acceptors (Lipinski definition) is 3. The lowest BCUT2D eigenvalue weighted by molar-refractivity contribution is 0.578. The Morgan fingerprint density at radius 1 is 1.36 bits per heavy atom. The minimum absolute atomic E-state index is 0.0623. The largest absolute Gasteiger partial charge is 0.190 e. The van der Waals surface area contributed by atoms with E-state index in [1.54, 1.807) is 0 Å². The minimum atomic E-state index is 0.0623. The van der Waals surface area contributed by atoms with Crippen molar-refractivity contribution in [1.29, 1.82) is 0 Å². The predicted molar refractivity (Wildman–Crippen MR) is 46.5 cm³/mol. The molecule has 0 radical (unpaired) electrons. The van der Waals surface area contributed by atoms with Crippen molar-refractivity contribution in [1.82, 2.24) is 10.2 Å². The van der Waals surface area contributed by atoms with Crippen LogP contribution in [0.2, 0.25) is 0 Å². The zero-order valence-corrected chi connectivity index (χ0v) is 7.70. The lowest BCUT2D eigenvalue weighted by Crippen LogP contribution is -2.10. The molecule has 11 heavy (non-hydrogen) atoms. The van der Waals surface area contributed by atoms with Crippen molar-refractivity contribution in [2.75, 3.05) is 0 Å². The van der Waals surface area contributed by atoms with Gasteiger partial charge in [0.15, 0.2) is 5.01 Å². The van der Waals surface area contributed by atoms with Crippen LogP contribution in [0.3, 0.4) is 0 Å². The number of hydrogen-bond donors (Lipinski definition) is 0. The van der Waals surface area contributed by atoms with Gasteiger partial charge in [0.05, 0.1) is 0 Å². The predicted octanol–water partition coefficient (Wildman–Crippen LogP) is 1.82. The Balaban J connectivity index is 3.01. The normalized spacial score (nSPS) is 11.1. The highest BCUT2D eigenvalue weighted by atomic mass is 32.1. The first-order valence-corrected chi connectivity index (χ1v) is 4.16. The van der Waals surface area contributed by atoms with Gasteiger partial charge in [-0.25, -0.2) is 0 Å². The van der Waals surface area contributed by atoms with Crippen LogP contribution >= 0.6 is 11.3 Å². The van der Waals surface area contributed by atoms with E-state index in [9.17, 15) is 0 Å². The van der Waals surface area contributed by atoms with Crippen LogP contribution in [-0.2, 0) is 5.41 Å². The molecule has 1 heterocycles. The van der Waals surface area contributed by atoms with E-state index in [0.717, 1.165) is 5.01 Å². The second kappa shape index (κ2) is 2.63. The summed E-state index contributed by atoms with van der Waals surface area (Å²) >= 11 is 1.48. The van der Waals surface area contributed by atoms with Gasteiger partial charge in [0.1, 0.15) is 5.01 Å². The van der Waals surface area contributed by atoms with Crippen LogP contribution in [0.15, 0.2) is 0 Å². The molecular weight excluding hydrogens is 156 g/mol. The van der Waals surface area contributed by atoms with E-state index in [4.69, 9.17) is 6.42 Å². The molecule has 2 nitrogen and oxygen atoms in total.